The van der Waals surface area contributed by atoms with Crippen molar-refractivity contribution < 1.29 is 0 Å². The number of aryl methyl sites for hydroxylation is 1. The van der Waals surface area contributed by atoms with Gasteiger partial charge in [-0.25, -0.2) is 9.97 Å². The van der Waals surface area contributed by atoms with Crippen LogP contribution in [0.2, 0.25) is 0 Å². The molecule has 1 fully saturated rings. The van der Waals surface area contributed by atoms with Crippen LogP contribution in [0.5, 0.6) is 0 Å². The molecule has 1 saturated carbocycles. The summed E-state index contributed by atoms with van der Waals surface area (Å²) in [6, 6.07) is 3.20. The monoisotopic (exact) mass is 337 g/mol. The summed E-state index contributed by atoms with van der Waals surface area (Å²) in [7, 11) is 5.55. The highest BCUT2D eigenvalue weighted by Crippen LogP contribution is 2.46. The number of thiophene rings is 1. The van der Waals surface area contributed by atoms with Crippen molar-refractivity contribution in [1.29, 1.82) is 5.26 Å². The zero-order valence-electron chi connectivity index (χ0n) is 13.6. The predicted molar refractivity (Wildman–Crippen MR) is 97.3 cm³/mol. The van der Waals surface area contributed by atoms with Gasteiger partial charge < -0.3 is 10.5 Å². The van der Waals surface area contributed by atoms with Gasteiger partial charge in [-0.15, -0.1) is 11.3 Å². The molecule has 0 aliphatic heterocycles. The fourth-order valence-electron chi connectivity index (χ4n) is 4.09. The average Bonchev–Trinajstić information content (AvgIpc) is 3.16. The molecule has 122 valence electrons. The van der Waals surface area contributed by atoms with Gasteiger partial charge >= 0.3 is 0 Å². The van der Waals surface area contributed by atoms with Crippen molar-refractivity contribution in [2.24, 2.45) is 0 Å². The molecule has 0 spiro atoms. The van der Waals surface area contributed by atoms with Crippen LogP contribution in [0.25, 0.3) is 10.2 Å². The van der Waals surface area contributed by atoms with Crippen molar-refractivity contribution in [3.05, 3.63) is 16.8 Å². The van der Waals surface area contributed by atoms with Crippen molar-refractivity contribution in [3.63, 3.8) is 0 Å². The van der Waals surface area contributed by atoms with Crippen LogP contribution in [0.3, 0.4) is 0 Å². The smallest absolute Gasteiger partial charge is 0.178 e. The second-order valence-corrected chi connectivity index (χ2v) is 7.88. The van der Waals surface area contributed by atoms with Crippen molar-refractivity contribution in [1.82, 2.24) is 15.2 Å². The number of aromatic nitrogens is 2. The Morgan fingerprint density at radius 1 is 1.21 bits per heavy atom. The first-order valence-electron chi connectivity index (χ1n) is 8.66. The molecule has 2 aliphatic carbocycles. The van der Waals surface area contributed by atoms with Crippen molar-refractivity contribution in [3.8, 4) is 6.07 Å². The van der Waals surface area contributed by atoms with Crippen LogP contribution < -0.4 is 10.5 Å². The highest BCUT2D eigenvalue weighted by molar-refractivity contribution is 7.19. The Labute approximate surface area is 147 Å². The van der Waals surface area contributed by atoms with Gasteiger partial charge in [0.25, 0.3) is 0 Å². The summed E-state index contributed by atoms with van der Waals surface area (Å²) in [5, 5.41) is 16.8. The van der Waals surface area contributed by atoms with E-state index in [2.05, 4.69) is 26.6 Å². The molecular formula is C17H20BN5S. The fourth-order valence-corrected chi connectivity index (χ4v) is 5.33. The predicted octanol–water partition coefficient (Wildman–Crippen LogP) is 3.03. The molecule has 2 aromatic rings. The summed E-state index contributed by atoms with van der Waals surface area (Å²) >= 11 is 1.77. The molecule has 1 atom stereocenters. The summed E-state index contributed by atoms with van der Waals surface area (Å²) in [6.07, 6.45) is 8.73. The number of fused-ring (bicyclic) bond motifs is 3. The number of hydrogen-bond donors (Lipinski definition) is 2. The molecule has 7 heteroatoms. The van der Waals surface area contributed by atoms with E-state index in [-0.39, 0.29) is 0 Å². The largest absolute Gasteiger partial charge is 0.367 e. The Balaban J connectivity index is 1.63. The molecule has 2 aliphatic rings. The topological polar surface area (TPSA) is 73.6 Å². The standard InChI is InChI=1S/C17H20BN5S/c18-23-12-4-2-11(3-5-12)22-16-15-14-10(7-8-19)1-6-13(14)24-17(15)21-9-20-16/h9-12,23H,1-7H2,(H,20,21,22)/t10-,11?,12?/m1/s1. The van der Waals surface area contributed by atoms with Crippen molar-refractivity contribution in [2.75, 3.05) is 5.32 Å². The molecule has 24 heavy (non-hydrogen) atoms. The molecule has 2 aromatic heterocycles. The molecule has 0 unspecified atom stereocenters. The van der Waals surface area contributed by atoms with Crippen LogP contribution in [-0.4, -0.2) is 30.0 Å². The maximum absolute atomic E-state index is 9.13. The van der Waals surface area contributed by atoms with Crippen LogP contribution in [-0.2, 0) is 6.42 Å². The minimum absolute atomic E-state index is 0.336. The highest BCUT2D eigenvalue weighted by atomic mass is 32.1. The van der Waals surface area contributed by atoms with Gasteiger partial charge in [-0.3, -0.25) is 0 Å². The molecule has 0 saturated heterocycles. The number of anilines is 1. The first-order valence-corrected chi connectivity index (χ1v) is 9.47. The van der Waals surface area contributed by atoms with Crippen LogP contribution in [0, 0.1) is 11.3 Å². The lowest BCUT2D eigenvalue weighted by molar-refractivity contribution is 0.393. The number of nitrogens with one attached hydrogen (secondary N) is 2. The van der Waals surface area contributed by atoms with Gasteiger partial charge in [0.05, 0.1) is 11.5 Å². The zero-order chi connectivity index (χ0) is 16.5. The summed E-state index contributed by atoms with van der Waals surface area (Å²) < 4.78 is 0. The second-order valence-electron chi connectivity index (χ2n) is 6.80. The first-order chi connectivity index (χ1) is 11.8. The summed E-state index contributed by atoms with van der Waals surface area (Å²) in [4.78, 5) is 11.5. The van der Waals surface area contributed by atoms with E-state index in [0.717, 1.165) is 54.6 Å². The van der Waals surface area contributed by atoms with Crippen LogP contribution >= 0.6 is 11.3 Å². The summed E-state index contributed by atoms with van der Waals surface area (Å²) in [5.41, 5.74) is 1.33. The summed E-state index contributed by atoms with van der Waals surface area (Å²) in [5.74, 6) is 1.29. The highest BCUT2D eigenvalue weighted by Gasteiger charge is 2.30. The third-order valence-electron chi connectivity index (χ3n) is 5.37. The first kappa shape index (κ1) is 15.9. The third kappa shape index (κ3) is 2.78. The number of hydrogen-bond acceptors (Lipinski definition) is 6. The number of nitriles is 1. The Hall–Kier alpha value is -1.65. The van der Waals surface area contributed by atoms with Crippen LogP contribution in [0.1, 0.15) is 54.9 Å². The average molecular weight is 337 g/mol. The Kier molecular flexibility index (Phi) is 4.42. The molecule has 2 heterocycles. The van der Waals surface area contributed by atoms with Gasteiger partial charge in [-0.05, 0) is 56.0 Å². The van der Waals surface area contributed by atoms with Gasteiger partial charge in [-0.1, -0.05) is 0 Å². The van der Waals surface area contributed by atoms with Gasteiger partial charge in [0.15, 0.2) is 7.98 Å². The van der Waals surface area contributed by atoms with Gasteiger partial charge in [0.2, 0.25) is 0 Å². The number of nitrogens with zero attached hydrogens (tertiary/aromatic N) is 3. The molecule has 5 nitrogen and oxygen atoms in total. The van der Waals surface area contributed by atoms with E-state index in [1.165, 1.54) is 10.4 Å². The van der Waals surface area contributed by atoms with Gasteiger partial charge in [-0.2, -0.15) is 5.26 Å². The molecule has 2 radical (unpaired) electrons. The minimum Gasteiger partial charge on any atom is -0.367 e. The van der Waals surface area contributed by atoms with E-state index in [1.807, 2.05) is 0 Å². The molecule has 2 N–H and O–H groups in total. The Morgan fingerprint density at radius 3 is 2.75 bits per heavy atom. The van der Waals surface area contributed by atoms with E-state index < -0.39 is 0 Å². The van der Waals surface area contributed by atoms with Gasteiger partial charge in [0, 0.05) is 17.3 Å². The maximum atomic E-state index is 9.13. The fraction of sp³-hybridized carbons (Fsp3) is 0.588. The third-order valence-corrected chi connectivity index (χ3v) is 6.54. The molecule has 0 bridgehead atoms. The molecule has 4 rings (SSSR count). The lowest BCUT2D eigenvalue weighted by Crippen LogP contribution is -2.35. The zero-order valence-corrected chi connectivity index (χ0v) is 14.4. The van der Waals surface area contributed by atoms with E-state index in [1.54, 1.807) is 17.7 Å². The molecular weight excluding hydrogens is 317 g/mol. The Bertz CT molecular complexity index is 775. The van der Waals surface area contributed by atoms with Crippen LogP contribution in [0.4, 0.5) is 5.82 Å². The SMILES string of the molecule is [B]NC1CCC(Nc2ncnc3sc4c(c23)[C@@H](CC#N)CC4)CC1. The summed E-state index contributed by atoms with van der Waals surface area (Å²) in [6.45, 7) is 0. The molecule has 0 amide bonds. The van der Waals surface area contributed by atoms with E-state index in [4.69, 9.17) is 13.2 Å². The van der Waals surface area contributed by atoms with E-state index in [0.29, 0.717) is 24.4 Å². The maximum Gasteiger partial charge on any atom is 0.178 e. The lowest BCUT2D eigenvalue weighted by Gasteiger charge is -2.29. The normalized spacial score (nSPS) is 26.2. The van der Waals surface area contributed by atoms with Gasteiger partial charge in [0.1, 0.15) is 17.0 Å². The quantitative estimate of drug-likeness (QED) is 0.839. The van der Waals surface area contributed by atoms with E-state index >= 15 is 0 Å². The van der Waals surface area contributed by atoms with E-state index in [9.17, 15) is 0 Å². The lowest BCUT2D eigenvalue weighted by atomic mass is 9.90. The molecule has 0 aromatic carbocycles. The van der Waals surface area contributed by atoms with Crippen molar-refractivity contribution >= 4 is 35.4 Å². The second kappa shape index (κ2) is 6.69. The number of rotatable bonds is 4. The van der Waals surface area contributed by atoms with Crippen LogP contribution in [0.15, 0.2) is 6.33 Å². The minimum atomic E-state index is 0.336. The Morgan fingerprint density at radius 2 is 2.00 bits per heavy atom. The van der Waals surface area contributed by atoms with Crippen molar-refractivity contribution in [2.45, 2.75) is 62.9 Å².